The summed E-state index contributed by atoms with van der Waals surface area (Å²) >= 11 is 5.89. The molecule has 7 heteroatoms. The molecule has 2 aliphatic heterocycles. The van der Waals surface area contributed by atoms with E-state index in [1.807, 2.05) is 0 Å². The van der Waals surface area contributed by atoms with Crippen LogP contribution in [0.15, 0.2) is 66.4 Å². The molecule has 0 radical (unpaired) electrons. The molecule has 0 unspecified atom stereocenters. The van der Waals surface area contributed by atoms with Crippen molar-refractivity contribution in [3.8, 4) is 23.0 Å². The van der Waals surface area contributed by atoms with Crippen molar-refractivity contribution >= 4 is 29.4 Å². The first-order valence-corrected chi connectivity index (χ1v) is 9.40. The highest BCUT2D eigenvalue weighted by Crippen LogP contribution is 2.36. The van der Waals surface area contributed by atoms with Gasteiger partial charge in [0, 0.05) is 11.1 Å². The van der Waals surface area contributed by atoms with Gasteiger partial charge >= 0.3 is 5.97 Å². The van der Waals surface area contributed by atoms with Crippen molar-refractivity contribution in [1.29, 1.82) is 0 Å². The first kappa shape index (κ1) is 18.3. The van der Waals surface area contributed by atoms with Gasteiger partial charge in [0.05, 0.1) is 11.1 Å². The lowest BCUT2D eigenvalue weighted by Gasteiger charge is -2.06. The van der Waals surface area contributed by atoms with Crippen LogP contribution in [0, 0.1) is 0 Å². The molecule has 0 aromatic heterocycles. The zero-order valence-electron chi connectivity index (χ0n) is 15.4. The molecule has 0 fully saturated rings. The van der Waals surface area contributed by atoms with Gasteiger partial charge in [-0.3, -0.25) is 4.79 Å². The molecule has 0 saturated carbocycles. The Bertz CT molecular complexity index is 1210. The molecule has 5 rings (SSSR count). The van der Waals surface area contributed by atoms with E-state index in [-0.39, 0.29) is 24.1 Å². The van der Waals surface area contributed by atoms with Crippen molar-refractivity contribution in [3.63, 3.8) is 0 Å². The molecule has 0 amide bonds. The normalized spacial score (nSPS) is 15.1. The zero-order valence-corrected chi connectivity index (χ0v) is 16.1. The van der Waals surface area contributed by atoms with Gasteiger partial charge in [-0.1, -0.05) is 23.7 Å². The summed E-state index contributed by atoms with van der Waals surface area (Å²) in [6, 6.07) is 16.5. The second-order valence-corrected chi connectivity index (χ2v) is 7.04. The summed E-state index contributed by atoms with van der Waals surface area (Å²) in [5.74, 6) is 1.04. The minimum Gasteiger partial charge on any atom is -0.454 e. The predicted molar refractivity (Wildman–Crippen MR) is 108 cm³/mol. The number of allylic oxidation sites excluding steroid dienone is 1. The lowest BCUT2D eigenvalue weighted by molar-refractivity contribution is 0.0734. The number of carbonyl (C=O) groups excluding carboxylic acids is 2. The maximum atomic E-state index is 12.6. The van der Waals surface area contributed by atoms with Gasteiger partial charge in [0.1, 0.15) is 11.5 Å². The molecule has 0 bridgehead atoms. The van der Waals surface area contributed by atoms with Gasteiger partial charge in [0.2, 0.25) is 12.6 Å². The van der Waals surface area contributed by atoms with Crippen LogP contribution in [0.1, 0.15) is 26.3 Å². The monoisotopic (exact) mass is 420 g/mol. The van der Waals surface area contributed by atoms with Crippen molar-refractivity contribution in [3.05, 3.63) is 88.1 Å². The fourth-order valence-electron chi connectivity index (χ4n) is 3.13. The molecule has 148 valence electrons. The zero-order chi connectivity index (χ0) is 20.7. The Morgan fingerprint density at radius 3 is 2.57 bits per heavy atom. The number of Topliss-reactive ketones (excluding diaryl/α,β-unsaturated/α-hetero) is 1. The lowest BCUT2D eigenvalue weighted by Crippen LogP contribution is -2.08. The number of rotatable bonds is 3. The number of hydrogen-bond acceptors (Lipinski definition) is 6. The highest BCUT2D eigenvalue weighted by atomic mass is 35.5. The molecule has 6 nitrogen and oxygen atoms in total. The third-order valence-corrected chi connectivity index (χ3v) is 4.88. The summed E-state index contributed by atoms with van der Waals surface area (Å²) in [6.07, 6.45) is 1.64. The van der Waals surface area contributed by atoms with Crippen LogP contribution in [-0.4, -0.2) is 18.5 Å². The number of benzene rings is 3. The number of ketones is 1. The van der Waals surface area contributed by atoms with Gasteiger partial charge in [-0.15, -0.1) is 0 Å². The maximum Gasteiger partial charge on any atom is 0.343 e. The Morgan fingerprint density at radius 2 is 1.73 bits per heavy atom. The van der Waals surface area contributed by atoms with Crippen LogP contribution < -0.4 is 18.9 Å². The molecular weight excluding hydrogens is 408 g/mol. The van der Waals surface area contributed by atoms with Crippen molar-refractivity contribution in [2.45, 2.75) is 0 Å². The van der Waals surface area contributed by atoms with Gasteiger partial charge in [0.15, 0.2) is 17.3 Å². The summed E-state index contributed by atoms with van der Waals surface area (Å²) in [5.41, 5.74) is 1.50. The van der Waals surface area contributed by atoms with Gasteiger partial charge < -0.3 is 18.9 Å². The lowest BCUT2D eigenvalue weighted by atomic mass is 10.1. The number of ether oxygens (including phenoxy) is 4. The third kappa shape index (κ3) is 3.38. The Morgan fingerprint density at radius 1 is 0.933 bits per heavy atom. The Kier molecular flexibility index (Phi) is 4.41. The molecule has 0 atom stereocenters. The largest absolute Gasteiger partial charge is 0.454 e. The smallest absolute Gasteiger partial charge is 0.343 e. The van der Waals surface area contributed by atoms with Crippen LogP contribution in [0.4, 0.5) is 0 Å². The van der Waals surface area contributed by atoms with E-state index in [4.69, 9.17) is 30.5 Å². The van der Waals surface area contributed by atoms with Crippen LogP contribution in [0.3, 0.4) is 0 Å². The van der Waals surface area contributed by atoms with Crippen molar-refractivity contribution in [2.24, 2.45) is 0 Å². The van der Waals surface area contributed by atoms with Crippen LogP contribution in [0.25, 0.3) is 6.08 Å². The highest BCUT2D eigenvalue weighted by Gasteiger charge is 2.28. The standard InChI is InChI=1S/C23H13ClO6/c24-15-4-1-13(2-5-15)9-21-22(25)17-7-6-16(11-19(17)30-21)29-23(26)14-3-8-18-20(10-14)28-12-27-18/h1-11H,12H2. The molecular formula is C23H13ClO6. The van der Waals surface area contributed by atoms with Crippen molar-refractivity contribution in [2.75, 3.05) is 6.79 Å². The summed E-state index contributed by atoms with van der Waals surface area (Å²) in [7, 11) is 0. The quantitative estimate of drug-likeness (QED) is 0.341. The van der Waals surface area contributed by atoms with Gasteiger partial charge in [-0.25, -0.2) is 4.79 Å². The average molecular weight is 421 g/mol. The van der Waals surface area contributed by atoms with Crippen LogP contribution in [0.5, 0.6) is 23.0 Å². The molecule has 0 spiro atoms. The first-order valence-electron chi connectivity index (χ1n) is 9.02. The number of esters is 1. The second kappa shape index (κ2) is 7.24. The number of carbonyl (C=O) groups is 2. The average Bonchev–Trinajstić information content (AvgIpc) is 3.33. The van der Waals surface area contributed by atoms with E-state index in [0.29, 0.717) is 33.4 Å². The molecule has 0 aliphatic carbocycles. The highest BCUT2D eigenvalue weighted by molar-refractivity contribution is 6.30. The van der Waals surface area contributed by atoms with E-state index < -0.39 is 5.97 Å². The minimum atomic E-state index is -0.561. The summed E-state index contributed by atoms with van der Waals surface area (Å²) < 4.78 is 21.6. The Labute approximate surface area is 176 Å². The molecule has 3 aromatic carbocycles. The minimum absolute atomic E-state index is 0.121. The van der Waals surface area contributed by atoms with Gasteiger partial charge in [0.25, 0.3) is 0 Å². The molecule has 2 heterocycles. The number of hydrogen-bond donors (Lipinski definition) is 0. The van der Waals surface area contributed by atoms with Gasteiger partial charge in [-0.05, 0) is 54.1 Å². The second-order valence-electron chi connectivity index (χ2n) is 6.61. The maximum absolute atomic E-state index is 12.6. The van der Waals surface area contributed by atoms with Crippen LogP contribution >= 0.6 is 11.6 Å². The van der Waals surface area contributed by atoms with Crippen molar-refractivity contribution < 1.29 is 28.5 Å². The summed E-state index contributed by atoms with van der Waals surface area (Å²) in [6.45, 7) is 0.121. The van der Waals surface area contributed by atoms with Crippen LogP contribution in [-0.2, 0) is 0 Å². The first-order chi connectivity index (χ1) is 14.6. The topological polar surface area (TPSA) is 71.1 Å². The Balaban J connectivity index is 1.35. The third-order valence-electron chi connectivity index (χ3n) is 4.63. The summed E-state index contributed by atoms with van der Waals surface area (Å²) in [5, 5.41) is 0.605. The number of fused-ring (bicyclic) bond motifs is 2. The van der Waals surface area contributed by atoms with E-state index in [1.165, 1.54) is 6.07 Å². The SMILES string of the molecule is O=C(Oc1ccc2c(c1)OC(=Cc1ccc(Cl)cc1)C2=O)c1ccc2c(c1)OCO2. The number of halogens is 1. The molecule has 30 heavy (non-hydrogen) atoms. The summed E-state index contributed by atoms with van der Waals surface area (Å²) in [4.78, 5) is 25.0. The van der Waals surface area contributed by atoms with E-state index >= 15 is 0 Å². The molecule has 2 aliphatic rings. The predicted octanol–water partition coefficient (Wildman–Crippen LogP) is 4.90. The van der Waals surface area contributed by atoms with E-state index in [1.54, 1.807) is 60.7 Å². The molecule has 0 N–H and O–H groups in total. The fourth-order valence-corrected chi connectivity index (χ4v) is 3.26. The molecule has 0 saturated heterocycles. The van der Waals surface area contributed by atoms with Crippen LogP contribution in [0.2, 0.25) is 5.02 Å². The Hall–Kier alpha value is -3.77. The van der Waals surface area contributed by atoms with E-state index in [9.17, 15) is 9.59 Å². The fraction of sp³-hybridized carbons (Fsp3) is 0.0435. The van der Waals surface area contributed by atoms with Gasteiger partial charge in [-0.2, -0.15) is 0 Å². The van der Waals surface area contributed by atoms with E-state index in [0.717, 1.165) is 5.56 Å². The molecule has 3 aromatic rings. The van der Waals surface area contributed by atoms with Crippen molar-refractivity contribution in [1.82, 2.24) is 0 Å². The van der Waals surface area contributed by atoms with E-state index in [2.05, 4.69) is 0 Å².